The zero-order valence-corrected chi connectivity index (χ0v) is 14.2. The van der Waals surface area contributed by atoms with Gasteiger partial charge >= 0.3 is 0 Å². The molecule has 0 unspecified atom stereocenters. The number of rotatable bonds is 3. The SMILES string of the molecule is CCc1ccccc1C(=O)Nc1ccc(I)c(Br)c1. The maximum atomic E-state index is 12.3. The maximum absolute atomic E-state index is 12.3. The number of amides is 1. The molecular weight excluding hydrogens is 417 g/mol. The molecule has 98 valence electrons. The van der Waals surface area contributed by atoms with Crippen LogP contribution in [0.4, 0.5) is 5.69 Å². The number of hydrogen-bond acceptors (Lipinski definition) is 1. The second-order valence-electron chi connectivity index (χ2n) is 4.09. The number of aryl methyl sites for hydroxylation is 1. The lowest BCUT2D eigenvalue weighted by Gasteiger charge is -2.09. The summed E-state index contributed by atoms with van der Waals surface area (Å²) in [6.07, 6.45) is 0.847. The average molecular weight is 430 g/mol. The van der Waals surface area contributed by atoms with E-state index in [2.05, 4.69) is 43.8 Å². The van der Waals surface area contributed by atoms with E-state index in [0.29, 0.717) is 0 Å². The number of benzene rings is 2. The van der Waals surface area contributed by atoms with Crippen molar-refractivity contribution in [3.8, 4) is 0 Å². The highest BCUT2D eigenvalue weighted by atomic mass is 127. The first-order chi connectivity index (χ1) is 9.11. The zero-order chi connectivity index (χ0) is 13.8. The highest BCUT2D eigenvalue weighted by Gasteiger charge is 2.10. The Morgan fingerprint density at radius 2 is 2.00 bits per heavy atom. The lowest BCUT2D eigenvalue weighted by molar-refractivity contribution is 0.102. The standard InChI is InChI=1S/C15H13BrINO/c1-2-10-5-3-4-6-12(10)15(19)18-11-7-8-14(17)13(16)9-11/h3-9H,2H2,1H3,(H,18,19). The van der Waals surface area contributed by atoms with E-state index in [4.69, 9.17) is 0 Å². The Hall–Kier alpha value is -0.880. The Kier molecular flexibility index (Phi) is 4.99. The van der Waals surface area contributed by atoms with Crippen LogP contribution in [0.5, 0.6) is 0 Å². The summed E-state index contributed by atoms with van der Waals surface area (Å²) in [6, 6.07) is 13.5. The third-order valence-corrected chi connectivity index (χ3v) is 5.16. The zero-order valence-electron chi connectivity index (χ0n) is 10.4. The summed E-state index contributed by atoms with van der Waals surface area (Å²) in [4.78, 5) is 12.3. The van der Waals surface area contributed by atoms with Gasteiger partial charge in [-0.3, -0.25) is 4.79 Å². The number of carbonyl (C=O) groups excluding carboxylic acids is 1. The Bertz CT molecular complexity index is 613. The van der Waals surface area contributed by atoms with E-state index in [9.17, 15) is 4.79 Å². The van der Waals surface area contributed by atoms with E-state index in [-0.39, 0.29) is 5.91 Å². The third-order valence-electron chi connectivity index (χ3n) is 2.82. The average Bonchev–Trinajstić information content (AvgIpc) is 2.43. The molecule has 0 saturated carbocycles. The van der Waals surface area contributed by atoms with Gasteiger partial charge in [0.1, 0.15) is 0 Å². The monoisotopic (exact) mass is 429 g/mol. The molecule has 2 aromatic carbocycles. The predicted octanol–water partition coefficient (Wildman–Crippen LogP) is 4.87. The molecule has 0 radical (unpaired) electrons. The maximum Gasteiger partial charge on any atom is 0.255 e. The lowest BCUT2D eigenvalue weighted by atomic mass is 10.0. The molecule has 19 heavy (non-hydrogen) atoms. The summed E-state index contributed by atoms with van der Waals surface area (Å²) in [6.45, 7) is 2.05. The van der Waals surface area contributed by atoms with Crippen molar-refractivity contribution in [1.82, 2.24) is 0 Å². The second-order valence-corrected chi connectivity index (χ2v) is 6.11. The minimum atomic E-state index is -0.0643. The molecule has 0 saturated heterocycles. The molecule has 2 aromatic rings. The molecule has 0 aliphatic heterocycles. The summed E-state index contributed by atoms with van der Waals surface area (Å²) >= 11 is 5.70. The summed E-state index contributed by atoms with van der Waals surface area (Å²) < 4.78 is 2.10. The van der Waals surface area contributed by atoms with Crippen LogP contribution in [-0.2, 0) is 6.42 Å². The molecule has 4 heteroatoms. The van der Waals surface area contributed by atoms with E-state index in [0.717, 1.165) is 31.3 Å². The quantitative estimate of drug-likeness (QED) is 0.693. The van der Waals surface area contributed by atoms with E-state index in [1.54, 1.807) is 0 Å². The number of anilines is 1. The second kappa shape index (κ2) is 6.52. The van der Waals surface area contributed by atoms with Crippen molar-refractivity contribution < 1.29 is 4.79 Å². The van der Waals surface area contributed by atoms with Crippen LogP contribution in [-0.4, -0.2) is 5.91 Å². The normalized spacial score (nSPS) is 10.3. The van der Waals surface area contributed by atoms with Crippen molar-refractivity contribution in [1.29, 1.82) is 0 Å². The van der Waals surface area contributed by atoms with Crippen LogP contribution >= 0.6 is 38.5 Å². The molecule has 1 N–H and O–H groups in total. The fraction of sp³-hybridized carbons (Fsp3) is 0.133. The molecule has 0 heterocycles. The Labute approximate surface area is 134 Å². The molecule has 0 aliphatic rings. The first-order valence-corrected chi connectivity index (χ1v) is 7.83. The van der Waals surface area contributed by atoms with Crippen molar-refractivity contribution in [2.75, 3.05) is 5.32 Å². The Morgan fingerprint density at radius 1 is 1.26 bits per heavy atom. The van der Waals surface area contributed by atoms with Crippen LogP contribution in [0, 0.1) is 3.57 Å². The first-order valence-electron chi connectivity index (χ1n) is 5.96. The van der Waals surface area contributed by atoms with Gasteiger partial charge in [-0.05, 0) is 74.8 Å². The molecule has 0 bridgehead atoms. The van der Waals surface area contributed by atoms with Gasteiger partial charge in [-0.25, -0.2) is 0 Å². The summed E-state index contributed by atoms with van der Waals surface area (Å²) in [5, 5.41) is 2.93. The molecule has 0 aliphatic carbocycles. The summed E-state index contributed by atoms with van der Waals surface area (Å²) in [5.74, 6) is -0.0643. The van der Waals surface area contributed by atoms with Crippen molar-refractivity contribution in [3.63, 3.8) is 0 Å². The van der Waals surface area contributed by atoms with Gasteiger partial charge in [0, 0.05) is 19.3 Å². The van der Waals surface area contributed by atoms with Crippen LogP contribution in [0.1, 0.15) is 22.8 Å². The van der Waals surface area contributed by atoms with E-state index >= 15 is 0 Å². The van der Waals surface area contributed by atoms with Gasteiger partial charge in [0.05, 0.1) is 0 Å². The molecule has 2 rings (SSSR count). The molecule has 0 aromatic heterocycles. The van der Waals surface area contributed by atoms with Gasteiger partial charge in [-0.1, -0.05) is 25.1 Å². The first kappa shape index (κ1) is 14.5. The van der Waals surface area contributed by atoms with Crippen LogP contribution in [0.15, 0.2) is 46.9 Å². The molecule has 0 fully saturated rings. The van der Waals surface area contributed by atoms with Crippen LogP contribution in [0.25, 0.3) is 0 Å². The smallest absolute Gasteiger partial charge is 0.255 e. The van der Waals surface area contributed by atoms with E-state index in [1.165, 1.54) is 0 Å². The van der Waals surface area contributed by atoms with Gasteiger partial charge in [0.2, 0.25) is 0 Å². The van der Waals surface area contributed by atoms with Gasteiger partial charge in [-0.15, -0.1) is 0 Å². The van der Waals surface area contributed by atoms with Crippen LogP contribution in [0.3, 0.4) is 0 Å². The van der Waals surface area contributed by atoms with Gasteiger partial charge in [0.25, 0.3) is 5.91 Å². The fourth-order valence-electron chi connectivity index (χ4n) is 1.82. The van der Waals surface area contributed by atoms with Gasteiger partial charge in [0.15, 0.2) is 0 Å². The van der Waals surface area contributed by atoms with E-state index < -0.39 is 0 Å². The number of carbonyl (C=O) groups is 1. The predicted molar refractivity (Wildman–Crippen MR) is 90.6 cm³/mol. The highest BCUT2D eigenvalue weighted by Crippen LogP contribution is 2.23. The molecule has 1 amide bonds. The molecule has 2 nitrogen and oxygen atoms in total. The Morgan fingerprint density at radius 3 is 2.68 bits per heavy atom. The van der Waals surface area contributed by atoms with Crippen LogP contribution in [0.2, 0.25) is 0 Å². The largest absolute Gasteiger partial charge is 0.322 e. The van der Waals surface area contributed by atoms with Crippen LogP contribution < -0.4 is 5.32 Å². The van der Waals surface area contributed by atoms with E-state index in [1.807, 2.05) is 49.4 Å². The fourth-order valence-corrected chi connectivity index (χ4v) is 2.54. The number of halogens is 2. The third kappa shape index (κ3) is 3.57. The number of hydrogen-bond donors (Lipinski definition) is 1. The minimum Gasteiger partial charge on any atom is -0.322 e. The van der Waals surface area contributed by atoms with Crippen molar-refractivity contribution in [2.45, 2.75) is 13.3 Å². The summed E-state index contributed by atoms with van der Waals surface area (Å²) in [7, 11) is 0. The lowest BCUT2D eigenvalue weighted by Crippen LogP contribution is -2.14. The van der Waals surface area contributed by atoms with Crippen molar-refractivity contribution >= 4 is 50.1 Å². The topological polar surface area (TPSA) is 29.1 Å². The highest BCUT2D eigenvalue weighted by molar-refractivity contribution is 14.1. The van der Waals surface area contributed by atoms with Gasteiger partial charge in [-0.2, -0.15) is 0 Å². The molecule has 0 atom stereocenters. The van der Waals surface area contributed by atoms with Crippen molar-refractivity contribution in [2.24, 2.45) is 0 Å². The molecular formula is C15H13BrINO. The molecule has 0 spiro atoms. The van der Waals surface area contributed by atoms with Crippen molar-refractivity contribution in [3.05, 3.63) is 61.6 Å². The van der Waals surface area contributed by atoms with Gasteiger partial charge < -0.3 is 5.32 Å². The summed E-state index contributed by atoms with van der Waals surface area (Å²) in [5.41, 5.74) is 2.59. The Balaban J connectivity index is 2.23. The number of nitrogens with one attached hydrogen (secondary N) is 1. The minimum absolute atomic E-state index is 0.0643.